The standard InChI is InChI=1S/C31H37FN5O6P/c1-7-41-44(39,42-8-2)43-21(3)37-20-28(22-11-12-33-29(32)17-22)27-16-24(19-34-31(27)37)23-14-25(18-26(15-23)40-6)35-30(38)10-9-13-36(4)5/h9-12,14-21H,7-8,13H2,1-6H3,(H,35,38)/b10-9+. The average Bonchev–Trinajstić information content (AvgIpc) is 3.36. The number of phosphoric acid groups is 1. The van der Waals surface area contributed by atoms with Crippen LogP contribution in [0.3, 0.4) is 0 Å². The second-order valence-corrected chi connectivity index (χ2v) is 11.6. The SMILES string of the molecule is CCOP(=O)(OCC)OC(C)n1cc(-c2ccnc(F)c2)c2cc(-c3cc(NC(=O)/C=C/CN(C)C)cc(OC)c3)cnc21. The van der Waals surface area contributed by atoms with Crippen LogP contribution < -0.4 is 10.1 Å². The molecule has 0 spiro atoms. The van der Waals surface area contributed by atoms with E-state index >= 15 is 0 Å². The van der Waals surface area contributed by atoms with Crippen molar-refractivity contribution in [2.75, 3.05) is 46.3 Å². The van der Waals surface area contributed by atoms with Gasteiger partial charge in [0.2, 0.25) is 11.9 Å². The van der Waals surface area contributed by atoms with E-state index in [4.69, 9.17) is 23.3 Å². The second kappa shape index (κ2) is 14.7. The number of nitrogens with zero attached hydrogens (tertiary/aromatic N) is 4. The third-order valence-corrected chi connectivity index (χ3v) is 8.15. The minimum atomic E-state index is -3.86. The molecule has 0 aliphatic carbocycles. The van der Waals surface area contributed by atoms with Crippen LogP contribution in [0.1, 0.15) is 27.0 Å². The maximum Gasteiger partial charge on any atom is 0.476 e. The zero-order valence-electron chi connectivity index (χ0n) is 25.6. The molecule has 1 aromatic carbocycles. The number of nitrogens with one attached hydrogen (secondary N) is 1. The number of fused-ring (bicyclic) bond motifs is 1. The Morgan fingerprint density at radius 2 is 1.84 bits per heavy atom. The molecule has 0 fully saturated rings. The third-order valence-electron chi connectivity index (χ3n) is 6.44. The predicted molar refractivity (Wildman–Crippen MR) is 168 cm³/mol. The van der Waals surface area contributed by atoms with Gasteiger partial charge in [0.15, 0.2) is 0 Å². The highest BCUT2D eigenvalue weighted by Gasteiger charge is 2.30. The molecule has 0 bridgehead atoms. The first-order chi connectivity index (χ1) is 21.1. The number of amides is 1. The molecule has 4 aromatic rings. The number of hydrogen-bond acceptors (Lipinski definition) is 9. The molecule has 1 amide bonds. The number of likely N-dealkylation sites (N-methyl/N-ethyl adjacent to an activating group) is 1. The monoisotopic (exact) mass is 625 g/mol. The summed E-state index contributed by atoms with van der Waals surface area (Å²) in [5.41, 5.74) is 3.69. The van der Waals surface area contributed by atoms with Gasteiger partial charge in [0.25, 0.3) is 0 Å². The summed E-state index contributed by atoms with van der Waals surface area (Å²) in [7, 11) is 1.52. The van der Waals surface area contributed by atoms with E-state index in [1.165, 1.54) is 18.3 Å². The first-order valence-corrected chi connectivity index (χ1v) is 15.5. The Labute approximate surface area is 256 Å². The Kier molecular flexibility index (Phi) is 11.0. The van der Waals surface area contributed by atoms with Crippen LogP contribution in [0, 0.1) is 5.95 Å². The van der Waals surface area contributed by atoms with Crippen molar-refractivity contribution in [3.05, 3.63) is 73.1 Å². The number of aromatic nitrogens is 3. The van der Waals surface area contributed by atoms with E-state index in [9.17, 15) is 13.8 Å². The second-order valence-electron chi connectivity index (χ2n) is 10.0. The summed E-state index contributed by atoms with van der Waals surface area (Å²) >= 11 is 0. The van der Waals surface area contributed by atoms with Crippen molar-refractivity contribution in [3.8, 4) is 28.0 Å². The number of benzene rings is 1. The Bertz CT molecular complexity index is 1680. The summed E-state index contributed by atoms with van der Waals surface area (Å²) in [6, 6.07) is 10.3. The Morgan fingerprint density at radius 1 is 1.09 bits per heavy atom. The average molecular weight is 626 g/mol. The van der Waals surface area contributed by atoms with Crippen molar-refractivity contribution in [2.24, 2.45) is 0 Å². The Hall–Kier alpha value is -3.93. The molecule has 0 radical (unpaired) electrons. The summed E-state index contributed by atoms with van der Waals surface area (Å²) in [6.45, 7) is 5.98. The lowest BCUT2D eigenvalue weighted by Crippen LogP contribution is -2.13. The first kappa shape index (κ1) is 33.0. The minimum Gasteiger partial charge on any atom is -0.497 e. The molecule has 234 valence electrons. The highest BCUT2D eigenvalue weighted by molar-refractivity contribution is 7.48. The van der Waals surface area contributed by atoms with Crippen molar-refractivity contribution in [2.45, 2.75) is 27.0 Å². The number of carbonyl (C=O) groups excluding carboxylic acids is 1. The minimum absolute atomic E-state index is 0.134. The summed E-state index contributed by atoms with van der Waals surface area (Å²) < 4.78 is 51.0. The molecule has 11 nitrogen and oxygen atoms in total. The van der Waals surface area contributed by atoms with Crippen molar-refractivity contribution in [3.63, 3.8) is 0 Å². The summed E-state index contributed by atoms with van der Waals surface area (Å²) in [6.07, 6.45) is 7.24. The van der Waals surface area contributed by atoms with Crippen LogP contribution in [-0.4, -0.2) is 66.3 Å². The molecule has 1 unspecified atom stereocenters. The summed E-state index contributed by atoms with van der Waals surface area (Å²) in [5, 5.41) is 3.55. The molecule has 0 aliphatic rings. The molecule has 13 heteroatoms. The fourth-order valence-electron chi connectivity index (χ4n) is 4.53. The number of phosphoric ester groups is 1. The van der Waals surface area contributed by atoms with E-state index < -0.39 is 20.0 Å². The van der Waals surface area contributed by atoms with Gasteiger partial charge in [-0.1, -0.05) is 6.08 Å². The van der Waals surface area contributed by atoms with E-state index in [0.717, 1.165) is 5.56 Å². The predicted octanol–water partition coefficient (Wildman–Crippen LogP) is 6.69. The molecular formula is C31H37FN5O6P. The van der Waals surface area contributed by atoms with Gasteiger partial charge in [-0.2, -0.15) is 4.39 Å². The Morgan fingerprint density at radius 3 is 2.50 bits per heavy atom. The topological polar surface area (TPSA) is 117 Å². The van der Waals surface area contributed by atoms with E-state index in [2.05, 4.69) is 10.3 Å². The largest absolute Gasteiger partial charge is 0.497 e. The van der Waals surface area contributed by atoms with E-state index in [-0.39, 0.29) is 19.1 Å². The molecule has 1 N–H and O–H groups in total. The smallest absolute Gasteiger partial charge is 0.476 e. The molecule has 44 heavy (non-hydrogen) atoms. The van der Waals surface area contributed by atoms with Gasteiger partial charge >= 0.3 is 7.82 Å². The van der Waals surface area contributed by atoms with Crippen LogP contribution in [0.5, 0.6) is 5.75 Å². The van der Waals surface area contributed by atoms with Crippen LogP contribution in [0.15, 0.2) is 67.1 Å². The van der Waals surface area contributed by atoms with Crippen molar-refractivity contribution < 1.29 is 32.1 Å². The normalized spacial score (nSPS) is 12.7. The number of methoxy groups -OCH3 is 1. The van der Waals surface area contributed by atoms with Crippen LogP contribution >= 0.6 is 7.82 Å². The molecule has 0 saturated heterocycles. The van der Waals surface area contributed by atoms with Gasteiger partial charge < -0.3 is 19.5 Å². The highest BCUT2D eigenvalue weighted by Crippen LogP contribution is 2.52. The van der Waals surface area contributed by atoms with Crippen molar-refractivity contribution >= 4 is 30.5 Å². The van der Waals surface area contributed by atoms with Gasteiger partial charge in [-0.15, -0.1) is 0 Å². The van der Waals surface area contributed by atoms with Crippen LogP contribution in [-0.2, 0) is 22.9 Å². The number of ether oxygens (including phenoxy) is 1. The maximum absolute atomic E-state index is 14.2. The lowest BCUT2D eigenvalue weighted by Gasteiger charge is -2.22. The van der Waals surface area contributed by atoms with E-state index in [1.54, 1.807) is 63.1 Å². The molecule has 3 aromatic heterocycles. The van der Waals surface area contributed by atoms with E-state index in [1.807, 2.05) is 37.2 Å². The van der Waals surface area contributed by atoms with Gasteiger partial charge in [-0.25, -0.2) is 14.5 Å². The number of rotatable bonds is 14. The molecular weight excluding hydrogens is 588 g/mol. The number of hydrogen-bond donors (Lipinski definition) is 1. The molecule has 4 rings (SSSR count). The zero-order chi connectivity index (χ0) is 31.9. The number of pyridine rings is 2. The third kappa shape index (κ3) is 8.16. The quantitative estimate of drug-likeness (QED) is 0.0930. The lowest BCUT2D eigenvalue weighted by atomic mass is 10.0. The van der Waals surface area contributed by atoms with Gasteiger partial charge in [0, 0.05) is 65.5 Å². The molecule has 0 saturated carbocycles. The van der Waals surface area contributed by atoms with Gasteiger partial charge in [-0.3, -0.25) is 18.4 Å². The number of carbonyl (C=O) groups is 1. The number of anilines is 1. The zero-order valence-corrected chi connectivity index (χ0v) is 26.5. The Balaban J connectivity index is 1.79. The van der Waals surface area contributed by atoms with Gasteiger partial charge in [0.05, 0.1) is 20.3 Å². The van der Waals surface area contributed by atoms with Crippen molar-refractivity contribution in [1.29, 1.82) is 0 Å². The fraction of sp³-hybridized carbons (Fsp3) is 0.323. The van der Waals surface area contributed by atoms with Crippen LogP contribution in [0.25, 0.3) is 33.3 Å². The van der Waals surface area contributed by atoms with Gasteiger partial charge in [-0.05, 0) is 70.3 Å². The lowest BCUT2D eigenvalue weighted by molar-refractivity contribution is -0.111. The highest BCUT2D eigenvalue weighted by atomic mass is 31.2. The summed E-state index contributed by atoms with van der Waals surface area (Å²) in [4.78, 5) is 22.9. The number of halogens is 1. The van der Waals surface area contributed by atoms with Gasteiger partial charge in [0.1, 0.15) is 17.6 Å². The molecule has 0 aliphatic heterocycles. The summed E-state index contributed by atoms with van der Waals surface area (Å²) in [5.74, 6) is -0.375. The van der Waals surface area contributed by atoms with Crippen LogP contribution in [0.2, 0.25) is 0 Å². The van der Waals surface area contributed by atoms with Crippen LogP contribution in [0.4, 0.5) is 10.1 Å². The van der Waals surface area contributed by atoms with Crippen molar-refractivity contribution in [1.82, 2.24) is 19.4 Å². The maximum atomic E-state index is 14.2. The first-order valence-electron chi connectivity index (χ1n) is 14.1. The molecule has 3 heterocycles. The molecule has 1 atom stereocenters. The van der Waals surface area contributed by atoms with E-state index in [0.29, 0.717) is 45.7 Å². The fourth-order valence-corrected chi connectivity index (χ4v) is 5.83.